The van der Waals surface area contributed by atoms with Gasteiger partial charge in [0.05, 0.1) is 12.0 Å². The van der Waals surface area contributed by atoms with Gasteiger partial charge in [0.2, 0.25) is 12.7 Å². The Hall–Kier alpha value is -3.06. The average molecular weight is 360 g/mol. The third-order valence-corrected chi connectivity index (χ3v) is 3.60. The second-order valence-electron chi connectivity index (χ2n) is 5.52. The average Bonchev–Trinajstić information content (AvgIpc) is 2.59. The van der Waals surface area contributed by atoms with Gasteiger partial charge in [-0.1, -0.05) is 12.1 Å². The molecule has 26 heavy (non-hydrogen) atoms. The molecule has 10 heteroatoms. The van der Waals surface area contributed by atoms with Crippen molar-refractivity contribution in [3.8, 4) is 11.8 Å². The van der Waals surface area contributed by atoms with Gasteiger partial charge in [0.1, 0.15) is 11.3 Å². The van der Waals surface area contributed by atoms with Crippen LogP contribution in [-0.4, -0.2) is 42.7 Å². The Morgan fingerprint density at radius 3 is 2.88 bits per heavy atom. The number of nitrogens with one attached hydrogen (secondary N) is 1. The van der Waals surface area contributed by atoms with Crippen molar-refractivity contribution < 1.29 is 33.5 Å². The first-order chi connectivity index (χ1) is 12.4. The summed E-state index contributed by atoms with van der Waals surface area (Å²) >= 11 is 0. The minimum atomic E-state index is -1.36. The van der Waals surface area contributed by atoms with Gasteiger partial charge in [0, 0.05) is 19.8 Å². The van der Waals surface area contributed by atoms with Crippen molar-refractivity contribution >= 4 is 25.0 Å². The predicted molar refractivity (Wildman–Crippen MR) is 87.6 cm³/mol. The molecule has 0 unspecified atom stereocenters. The van der Waals surface area contributed by atoms with Gasteiger partial charge in [-0.05, 0) is 18.1 Å². The third-order valence-electron chi connectivity index (χ3n) is 3.60. The van der Waals surface area contributed by atoms with Crippen LogP contribution in [0.4, 0.5) is 0 Å². The molecule has 136 valence electrons. The van der Waals surface area contributed by atoms with Crippen LogP contribution in [0.2, 0.25) is 0 Å². The second-order valence-corrected chi connectivity index (χ2v) is 5.52. The van der Waals surface area contributed by atoms with E-state index in [2.05, 4.69) is 10.1 Å². The molecule has 1 heterocycles. The number of rotatable bonds is 6. The van der Waals surface area contributed by atoms with Crippen LogP contribution in [0.5, 0.6) is 5.75 Å². The number of hydrogen-bond acceptors (Lipinski definition) is 8. The maximum Gasteiger partial charge on any atom is 0.547 e. The van der Waals surface area contributed by atoms with E-state index in [-0.39, 0.29) is 36.5 Å². The normalized spacial score (nSPS) is 15.1. The van der Waals surface area contributed by atoms with E-state index in [1.54, 1.807) is 12.1 Å². The molecule has 0 radical (unpaired) electrons. The number of fused-ring (bicyclic) bond motifs is 1. The standard InChI is InChI=1S/C16H17BN2O7/c1-10(20)24-9-25-16(22)12-5-2-4-11-8-13(17(23)26-15(11)12)19-14(21)6-3-7-18/h2,4-5,13,23H,3,6,8-9H2,1H3,(H,19,21)/t13-/m0/s1. The van der Waals surface area contributed by atoms with Crippen molar-refractivity contribution in [2.24, 2.45) is 0 Å². The Morgan fingerprint density at radius 1 is 1.42 bits per heavy atom. The molecule has 0 bridgehead atoms. The largest absolute Gasteiger partial charge is 0.547 e. The van der Waals surface area contributed by atoms with E-state index in [4.69, 9.17) is 14.7 Å². The van der Waals surface area contributed by atoms with Crippen molar-refractivity contribution in [3.05, 3.63) is 29.3 Å². The zero-order chi connectivity index (χ0) is 19.1. The molecule has 0 fully saturated rings. The van der Waals surface area contributed by atoms with E-state index < -0.39 is 31.8 Å². The fourth-order valence-corrected chi connectivity index (χ4v) is 2.40. The van der Waals surface area contributed by atoms with Gasteiger partial charge < -0.3 is 24.5 Å². The summed E-state index contributed by atoms with van der Waals surface area (Å²) < 4.78 is 14.8. The van der Waals surface area contributed by atoms with Crippen LogP contribution in [0.25, 0.3) is 0 Å². The molecule has 1 aromatic carbocycles. The van der Waals surface area contributed by atoms with Crippen molar-refractivity contribution in [2.75, 3.05) is 6.79 Å². The Balaban J connectivity index is 2.08. The zero-order valence-electron chi connectivity index (χ0n) is 14.1. The molecule has 1 aromatic rings. The lowest BCUT2D eigenvalue weighted by atomic mass is 9.72. The minimum Gasteiger partial charge on any atom is -0.534 e. The molecule has 1 amide bonds. The van der Waals surface area contributed by atoms with Crippen LogP contribution >= 0.6 is 0 Å². The summed E-state index contributed by atoms with van der Waals surface area (Å²) in [7, 11) is -1.36. The number of para-hydroxylation sites is 1. The van der Waals surface area contributed by atoms with E-state index >= 15 is 0 Å². The predicted octanol–water partition coefficient (Wildman–Crippen LogP) is 0.107. The Labute approximate surface area is 150 Å². The Bertz CT molecular complexity index is 747. The lowest BCUT2D eigenvalue weighted by Gasteiger charge is -2.29. The highest BCUT2D eigenvalue weighted by molar-refractivity contribution is 6.47. The van der Waals surface area contributed by atoms with Gasteiger partial charge in [-0.25, -0.2) is 4.79 Å². The van der Waals surface area contributed by atoms with Gasteiger partial charge in [-0.3, -0.25) is 9.59 Å². The van der Waals surface area contributed by atoms with Gasteiger partial charge in [-0.2, -0.15) is 5.26 Å². The molecule has 0 aliphatic carbocycles. The highest BCUT2D eigenvalue weighted by atomic mass is 16.7. The Morgan fingerprint density at radius 2 is 2.19 bits per heavy atom. The smallest absolute Gasteiger partial charge is 0.534 e. The summed E-state index contributed by atoms with van der Waals surface area (Å²) in [6.45, 7) is 0.653. The minimum absolute atomic E-state index is 0.0229. The highest BCUT2D eigenvalue weighted by Gasteiger charge is 2.37. The molecular weight excluding hydrogens is 343 g/mol. The maximum atomic E-state index is 12.1. The van der Waals surface area contributed by atoms with E-state index in [1.165, 1.54) is 13.0 Å². The fraction of sp³-hybridized carbons (Fsp3) is 0.375. The summed E-state index contributed by atoms with van der Waals surface area (Å²) in [5, 5.41) is 21.2. The number of ether oxygens (including phenoxy) is 2. The maximum absolute atomic E-state index is 12.1. The lowest BCUT2D eigenvalue weighted by molar-refractivity contribution is -0.149. The fourth-order valence-electron chi connectivity index (χ4n) is 2.40. The highest BCUT2D eigenvalue weighted by Crippen LogP contribution is 2.30. The SMILES string of the molecule is CC(=O)OCOC(=O)c1cccc2c1OB(O)[C@@H](NC(=O)CCC#N)C2. The number of carbonyl (C=O) groups is 3. The number of benzene rings is 1. The third kappa shape index (κ3) is 4.97. The van der Waals surface area contributed by atoms with Gasteiger partial charge in [0.15, 0.2) is 0 Å². The van der Waals surface area contributed by atoms with Crippen LogP contribution in [0.15, 0.2) is 18.2 Å². The van der Waals surface area contributed by atoms with Gasteiger partial charge in [-0.15, -0.1) is 0 Å². The van der Waals surface area contributed by atoms with Crippen molar-refractivity contribution in [3.63, 3.8) is 0 Å². The topological polar surface area (TPSA) is 135 Å². The summed E-state index contributed by atoms with van der Waals surface area (Å²) in [5.41, 5.74) is 0.672. The number of nitrogens with zero attached hydrogens (tertiary/aromatic N) is 1. The number of carbonyl (C=O) groups excluding carboxylic acids is 3. The van der Waals surface area contributed by atoms with Crippen LogP contribution in [0.1, 0.15) is 35.7 Å². The summed E-state index contributed by atoms with van der Waals surface area (Å²) in [4.78, 5) is 34.5. The number of amides is 1. The van der Waals surface area contributed by atoms with Crippen LogP contribution < -0.4 is 9.97 Å². The Kier molecular flexibility index (Phi) is 6.57. The molecule has 0 aromatic heterocycles. The van der Waals surface area contributed by atoms with Crippen LogP contribution in [0, 0.1) is 11.3 Å². The summed E-state index contributed by atoms with van der Waals surface area (Å²) in [6, 6.07) is 6.62. The molecule has 0 saturated carbocycles. The molecular formula is C16H17BN2O7. The van der Waals surface area contributed by atoms with Crippen LogP contribution in [0.3, 0.4) is 0 Å². The molecule has 2 rings (SSSR count). The van der Waals surface area contributed by atoms with Crippen molar-refractivity contribution in [1.82, 2.24) is 5.32 Å². The molecule has 1 atom stereocenters. The summed E-state index contributed by atoms with van der Waals surface area (Å²) in [6.07, 6.45) is 0.333. The first-order valence-electron chi connectivity index (χ1n) is 7.85. The van der Waals surface area contributed by atoms with E-state index in [1.807, 2.05) is 6.07 Å². The first-order valence-corrected chi connectivity index (χ1v) is 7.85. The number of esters is 2. The van der Waals surface area contributed by atoms with Gasteiger partial charge >= 0.3 is 19.1 Å². The first kappa shape index (κ1) is 19.3. The van der Waals surface area contributed by atoms with Gasteiger partial charge in [0.25, 0.3) is 0 Å². The van der Waals surface area contributed by atoms with Crippen molar-refractivity contribution in [2.45, 2.75) is 32.1 Å². The molecule has 1 aliphatic heterocycles. The van der Waals surface area contributed by atoms with E-state index in [9.17, 15) is 19.4 Å². The molecule has 2 N–H and O–H groups in total. The number of nitriles is 1. The summed E-state index contributed by atoms with van der Waals surface area (Å²) in [5.74, 6) is -2.29. The number of hydrogen-bond donors (Lipinski definition) is 2. The lowest BCUT2D eigenvalue weighted by Crippen LogP contribution is -2.53. The molecule has 9 nitrogen and oxygen atoms in total. The van der Waals surface area contributed by atoms with Crippen molar-refractivity contribution in [1.29, 1.82) is 5.26 Å². The molecule has 1 aliphatic rings. The van der Waals surface area contributed by atoms with Crippen LogP contribution in [-0.2, 0) is 25.5 Å². The molecule has 0 saturated heterocycles. The monoisotopic (exact) mass is 360 g/mol. The molecule has 0 spiro atoms. The van der Waals surface area contributed by atoms with E-state index in [0.717, 1.165) is 0 Å². The van der Waals surface area contributed by atoms with E-state index in [0.29, 0.717) is 5.56 Å². The second kappa shape index (κ2) is 8.87. The zero-order valence-corrected chi connectivity index (χ0v) is 14.1. The quantitative estimate of drug-likeness (QED) is 0.415.